The minimum atomic E-state index is 0.0977. The number of fused-ring (bicyclic) bond motifs is 1. The second kappa shape index (κ2) is 7.37. The van der Waals surface area contributed by atoms with E-state index in [0.717, 1.165) is 57.0 Å². The maximum absolute atomic E-state index is 12.6. The molecule has 6 nitrogen and oxygen atoms in total. The quantitative estimate of drug-likeness (QED) is 0.897. The van der Waals surface area contributed by atoms with Gasteiger partial charge in [0.05, 0.1) is 6.54 Å². The lowest BCUT2D eigenvalue weighted by Gasteiger charge is -2.35. The number of nitrogens with one attached hydrogen (secondary N) is 1. The number of rotatable bonds is 3. The lowest BCUT2D eigenvalue weighted by Crippen LogP contribution is -2.49. The molecule has 1 N–H and O–H groups in total. The normalized spacial score (nSPS) is 20.8. The molecule has 0 spiro atoms. The summed E-state index contributed by atoms with van der Waals surface area (Å²) in [5.41, 5.74) is 0.710. The predicted octanol–water partition coefficient (Wildman–Crippen LogP) is 2.45. The predicted molar refractivity (Wildman–Crippen MR) is 100 cm³/mol. The van der Waals surface area contributed by atoms with Gasteiger partial charge in [0.15, 0.2) is 0 Å². The highest BCUT2D eigenvalue weighted by atomic mass is 35.5. The second-order valence-corrected chi connectivity index (χ2v) is 7.67. The van der Waals surface area contributed by atoms with Gasteiger partial charge in [0.1, 0.15) is 11.6 Å². The van der Waals surface area contributed by atoms with Gasteiger partial charge < -0.3 is 10.2 Å². The molecule has 138 valence electrons. The minimum absolute atomic E-state index is 0.0977. The van der Waals surface area contributed by atoms with Gasteiger partial charge in [-0.1, -0.05) is 11.6 Å². The number of nitrogens with zero attached hydrogens (tertiary/aromatic N) is 4. The average molecular weight is 374 g/mol. The third-order valence-electron chi connectivity index (χ3n) is 5.31. The van der Waals surface area contributed by atoms with Gasteiger partial charge in [-0.2, -0.15) is 5.10 Å². The summed E-state index contributed by atoms with van der Waals surface area (Å²) >= 11 is 5.90. The molecule has 0 saturated carbocycles. The molecular formula is C19H24ClN5O. The van der Waals surface area contributed by atoms with E-state index < -0.39 is 0 Å². The zero-order valence-electron chi connectivity index (χ0n) is 15.0. The Morgan fingerprint density at radius 1 is 1.15 bits per heavy atom. The van der Waals surface area contributed by atoms with Gasteiger partial charge in [-0.25, -0.2) is 9.67 Å². The molecule has 3 heterocycles. The summed E-state index contributed by atoms with van der Waals surface area (Å²) in [6.07, 6.45) is 4.05. The molecule has 2 aliphatic rings. The summed E-state index contributed by atoms with van der Waals surface area (Å²) < 4.78 is 2.04. The highest BCUT2D eigenvalue weighted by molar-refractivity contribution is 6.30. The minimum Gasteiger partial charge on any atom is -0.339 e. The van der Waals surface area contributed by atoms with Crippen LogP contribution in [0, 0.1) is 6.92 Å². The third kappa shape index (κ3) is 3.76. The summed E-state index contributed by atoms with van der Waals surface area (Å²) in [4.78, 5) is 19.0. The summed E-state index contributed by atoms with van der Waals surface area (Å²) in [5, 5.41) is 8.90. The van der Waals surface area contributed by atoms with Gasteiger partial charge in [-0.15, -0.1) is 0 Å². The number of hydrogen-bond acceptors (Lipinski definition) is 4. The Balaban J connectivity index is 1.29. The van der Waals surface area contributed by atoms with Crippen LogP contribution in [-0.2, 0) is 13.0 Å². The number of aryl methyl sites for hydroxylation is 2. The van der Waals surface area contributed by atoms with Crippen molar-refractivity contribution in [2.75, 3.05) is 13.1 Å². The lowest BCUT2D eigenvalue weighted by molar-refractivity contribution is 0.0699. The fraction of sp³-hybridized carbons (Fsp3) is 0.526. The van der Waals surface area contributed by atoms with Gasteiger partial charge in [-0.3, -0.25) is 4.79 Å². The van der Waals surface area contributed by atoms with Gasteiger partial charge in [0.25, 0.3) is 5.91 Å². The molecule has 2 aromatic rings. The van der Waals surface area contributed by atoms with E-state index in [4.69, 9.17) is 11.6 Å². The smallest absolute Gasteiger partial charge is 0.253 e. The van der Waals surface area contributed by atoms with Crippen LogP contribution in [0.15, 0.2) is 24.3 Å². The maximum atomic E-state index is 12.6. The summed E-state index contributed by atoms with van der Waals surface area (Å²) in [5.74, 6) is 2.05. The molecule has 1 atom stereocenters. The first kappa shape index (κ1) is 17.5. The summed E-state index contributed by atoms with van der Waals surface area (Å²) in [6.45, 7) is 4.42. The zero-order chi connectivity index (χ0) is 18.1. The Bertz CT molecular complexity index is 780. The number of benzene rings is 1. The van der Waals surface area contributed by atoms with E-state index in [0.29, 0.717) is 22.7 Å². The summed E-state index contributed by atoms with van der Waals surface area (Å²) in [7, 11) is 0. The van der Waals surface area contributed by atoms with E-state index in [2.05, 4.69) is 15.4 Å². The molecule has 2 aliphatic heterocycles. The van der Waals surface area contributed by atoms with Crippen molar-refractivity contribution in [3.8, 4) is 0 Å². The van der Waals surface area contributed by atoms with Gasteiger partial charge >= 0.3 is 0 Å². The highest BCUT2D eigenvalue weighted by Gasteiger charge is 2.27. The van der Waals surface area contributed by atoms with Crippen molar-refractivity contribution in [1.82, 2.24) is 25.0 Å². The number of piperidine rings is 1. The second-order valence-electron chi connectivity index (χ2n) is 7.23. The van der Waals surface area contributed by atoms with Crippen LogP contribution in [0.4, 0.5) is 0 Å². The number of carbonyl (C=O) groups is 1. The van der Waals surface area contributed by atoms with Crippen molar-refractivity contribution in [2.24, 2.45) is 0 Å². The fourth-order valence-electron chi connectivity index (χ4n) is 3.93. The van der Waals surface area contributed by atoms with Crippen LogP contribution in [0.3, 0.4) is 0 Å². The molecule has 1 aromatic heterocycles. The molecule has 4 rings (SSSR count). The number of halogens is 1. The average Bonchev–Trinajstić information content (AvgIpc) is 3.02. The van der Waals surface area contributed by atoms with Crippen molar-refractivity contribution in [3.05, 3.63) is 46.5 Å². The maximum Gasteiger partial charge on any atom is 0.253 e. The lowest BCUT2D eigenvalue weighted by atomic mass is 10.0. The van der Waals surface area contributed by atoms with E-state index in [9.17, 15) is 4.79 Å². The van der Waals surface area contributed by atoms with Crippen LogP contribution < -0.4 is 5.32 Å². The molecule has 1 saturated heterocycles. The Morgan fingerprint density at radius 3 is 2.62 bits per heavy atom. The van der Waals surface area contributed by atoms with Crippen molar-refractivity contribution < 1.29 is 4.79 Å². The van der Waals surface area contributed by atoms with Crippen LogP contribution in [0.5, 0.6) is 0 Å². The molecule has 1 fully saturated rings. The van der Waals surface area contributed by atoms with Crippen molar-refractivity contribution in [3.63, 3.8) is 0 Å². The largest absolute Gasteiger partial charge is 0.339 e. The van der Waals surface area contributed by atoms with E-state index in [1.165, 1.54) is 0 Å². The van der Waals surface area contributed by atoms with Crippen molar-refractivity contribution in [1.29, 1.82) is 0 Å². The van der Waals surface area contributed by atoms with E-state index in [-0.39, 0.29) is 5.91 Å². The van der Waals surface area contributed by atoms with Crippen molar-refractivity contribution >= 4 is 17.5 Å². The SMILES string of the molecule is Cc1nc2n(n1)C[C@H](NC1CCN(C(=O)c3ccc(Cl)cc3)CC1)CC2. The summed E-state index contributed by atoms with van der Waals surface area (Å²) in [6, 6.07) is 8.04. The first-order valence-corrected chi connectivity index (χ1v) is 9.67. The Hall–Kier alpha value is -1.92. The molecule has 1 aromatic carbocycles. The number of carbonyl (C=O) groups excluding carboxylic acids is 1. The Kier molecular flexibility index (Phi) is 4.96. The van der Waals surface area contributed by atoms with Crippen LogP contribution in [-0.4, -0.2) is 50.7 Å². The molecule has 0 radical (unpaired) electrons. The molecule has 1 amide bonds. The van der Waals surface area contributed by atoms with E-state index in [1.807, 2.05) is 16.5 Å². The highest BCUT2D eigenvalue weighted by Crippen LogP contribution is 2.19. The molecule has 26 heavy (non-hydrogen) atoms. The Morgan fingerprint density at radius 2 is 1.88 bits per heavy atom. The first-order valence-electron chi connectivity index (χ1n) is 9.30. The van der Waals surface area contributed by atoms with Crippen LogP contribution >= 0.6 is 11.6 Å². The van der Waals surface area contributed by atoms with Crippen LogP contribution in [0.25, 0.3) is 0 Å². The van der Waals surface area contributed by atoms with Gasteiger partial charge in [0, 0.05) is 42.2 Å². The van der Waals surface area contributed by atoms with E-state index >= 15 is 0 Å². The monoisotopic (exact) mass is 373 g/mol. The van der Waals surface area contributed by atoms with E-state index in [1.54, 1.807) is 24.3 Å². The number of likely N-dealkylation sites (tertiary alicyclic amines) is 1. The zero-order valence-corrected chi connectivity index (χ0v) is 15.7. The number of amides is 1. The van der Waals surface area contributed by atoms with Crippen LogP contribution in [0.2, 0.25) is 5.02 Å². The number of aromatic nitrogens is 3. The first-order chi connectivity index (χ1) is 12.6. The standard InChI is InChI=1S/C19H24ClN5O/c1-13-21-18-7-6-17(12-25(18)23-13)22-16-8-10-24(11-9-16)19(26)14-2-4-15(20)5-3-14/h2-5,16-17,22H,6-12H2,1H3/t17-/m1/s1. The molecule has 7 heteroatoms. The van der Waals surface area contributed by atoms with Crippen LogP contribution in [0.1, 0.15) is 41.3 Å². The number of hydrogen-bond donors (Lipinski definition) is 1. The molecule has 0 unspecified atom stereocenters. The Labute approximate surface area is 158 Å². The molecular weight excluding hydrogens is 350 g/mol. The van der Waals surface area contributed by atoms with Gasteiger partial charge in [0.2, 0.25) is 0 Å². The molecule has 0 aliphatic carbocycles. The molecule has 0 bridgehead atoms. The van der Waals surface area contributed by atoms with Crippen molar-refractivity contribution in [2.45, 2.75) is 51.2 Å². The van der Waals surface area contributed by atoms with Gasteiger partial charge in [-0.05, 0) is 50.5 Å². The topological polar surface area (TPSA) is 63.1 Å². The third-order valence-corrected chi connectivity index (χ3v) is 5.56. The fourth-order valence-corrected chi connectivity index (χ4v) is 4.05.